The van der Waals surface area contributed by atoms with Gasteiger partial charge in [-0.25, -0.2) is 0 Å². The molecule has 0 saturated carbocycles. The van der Waals surface area contributed by atoms with Gasteiger partial charge in [-0.05, 0) is 28.1 Å². The monoisotopic (exact) mass is 351 g/mol. The molecule has 0 aliphatic carbocycles. The fourth-order valence-corrected chi connectivity index (χ4v) is 2.28. The second-order valence-corrected chi connectivity index (χ2v) is 4.93. The van der Waals surface area contributed by atoms with Crippen LogP contribution in [0.5, 0.6) is 0 Å². The Kier molecular flexibility index (Phi) is 4.05. The van der Waals surface area contributed by atoms with Crippen molar-refractivity contribution in [3.8, 4) is 0 Å². The maximum atomic E-state index is 12.0. The summed E-state index contributed by atoms with van der Waals surface area (Å²) in [5.41, 5.74) is 0. The number of carbonyl (C=O) groups excluding carboxylic acids is 1. The minimum absolute atomic E-state index is 0.0658. The van der Waals surface area contributed by atoms with E-state index < -0.39 is 0 Å². The topological polar surface area (TPSA) is 42.7 Å². The molecule has 1 aromatic heterocycles. The van der Waals surface area contributed by atoms with Crippen LogP contribution in [0.2, 0.25) is 0 Å². The molecular weight excluding hydrogens is 342 g/mol. The molecule has 1 aliphatic rings. The number of halogens is 2. The normalized spacial score (nSPS) is 21.1. The summed E-state index contributed by atoms with van der Waals surface area (Å²) < 4.78 is 11.3. The van der Waals surface area contributed by atoms with Gasteiger partial charge in [0.1, 0.15) is 0 Å². The molecule has 88 valence electrons. The third-order valence-electron chi connectivity index (χ3n) is 2.38. The number of hydrogen-bond acceptors (Lipinski definition) is 3. The van der Waals surface area contributed by atoms with Gasteiger partial charge in [0.05, 0.1) is 12.7 Å². The van der Waals surface area contributed by atoms with Gasteiger partial charge in [0, 0.05) is 18.4 Å². The second kappa shape index (κ2) is 5.33. The van der Waals surface area contributed by atoms with Crippen molar-refractivity contribution in [2.24, 2.45) is 0 Å². The average molecular weight is 353 g/mol. The summed E-state index contributed by atoms with van der Waals surface area (Å²) in [7, 11) is 0. The van der Waals surface area contributed by atoms with Crippen molar-refractivity contribution in [2.75, 3.05) is 25.0 Å². The maximum Gasteiger partial charge on any atom is 0.289 e. The lowest BCUT2D eigenvalue weighted by molar-refractivity contribution is -0.0108. The van der Waals surface area contributed by atoms with Crippen LogP contribution in [-0.4, -0.2) is 41.9 Å². The van der Waals surface area contributed by atoms with Gasteiger partial charge in [0.15, 0.2) is 10.4 Å². The van der Waals surface area contributed by atoms with Crippen LogP contribution in [0.25, 0.3) is 0 Å². The van der Waals surface area contributed by atoms with Crippen LogP contribution in [-0.2, 0) is 4.74 Å². The number of carbonyl (C=O) groups is 1. The van der Waals surface area contributed by atoms with Gasteiger partial charge in [0.2, 0.25) is 0 Å². The molecular formula is C10H11Br2NO3. The Hall–Kier alpha value is -0.330. The van der Waals surface area contributed by atoms with E-state index in [4.69, 9.17) is 9.15 Å². The molecule has 0 aromatic carbocycles. The maximum absolute atomic E-state index is 12.0. The minimum Gasteiger partial charge on any atom is -0.444 e. The molecule has 1 fully saturated rings. The quantitative estimate of drug-likeness (QED) is 0.767. The Morgan fingerprint density at radius 1 is 1.56 bits per heavy atom. The van der Waals surface area contributed by atoms with Gasteiger partial charge in [-0.2, -0.15) is 0 Å². The lowest BCUT2D eigenvalue weighted by atomic mass is 10.3. The van der Waals surface area contributed by atoms with Crippen LogP contribution in [0.3, 0.4) is 0 Å². The van der Waals surface area contributed by atoms with Crippen LogP contribution >= 0.6 is 31.9 Å². The number of amides is 1. The van der Waals surface area contributed by atoms with Gasteiger partial charge < -0.3 is 14.1 Å². The Balaban J connectivity index is 2.04. The summed E-state index contributed by atoms with van der Waals surface area (Å²) in [4.78, 5) is 13.8. The van der Waals surface area contributed by atoms with Crippen molar-refractivity contribution in [2.45, 2.75) is 6.10 Å². The fourth-order valence-electron chi connectivity index (χ4n) is 1.58. The van der Waals surface area contributed by atoms with E-state index in [1.807, 2.05) is 0 Å². The van der Waals surface area contributed by atoms with Gasteiger partial charge in [-0.1, -0.05) is 15.9 Å². The summed E-state index contributed by atoms with van der Waals surface area (Å²) in [6.45, 7) is 1.78. The molecule has 0 N–H and O–H groups in total. The number of nitrogens with zero attached hydrogens (tertiary/aromatic N) is 1. The van der Waals surface area contributed by atoms with Crippen LogP contribution in [0.15, 0.2) is 21.2 Å². The summed E-state index contributed by atoms with van der Waals surface area (Å²) in [6, 6.07) is 3.39. The second-order valence-electron chi connectivity index (χ2n) is 3.50. The Bertz CT molecular complexity index is 380. The predicted octanol–water partition coefficient (Wildman–Crippen LogP) is 2.28. The number of alkyl halides is 1. The minimum atomic E-state index is -0.0834. The number of rotatable bonds is 2. The zero-order valence-electron chi connectivity index (χ0n) is 8.49. The first-order valence-corrected chi connectivity index (χ1v) is 6.84. The number of hydrogen-bond donors (Lipinski definition) is 0. The Morgan fingerprint density at radius 3 is 3.00 bits per heavy atom. The predicted molar refractivity (Wildman–Crippen MR) is 65.8 cm³/mol. The van der Waals surface area contributed by atoms with Crippen molar-refractivity contribution < 1.29 is 13.9 Å². The third kappa shape index (κ3) is 2.67. The van der Waals surface area contributed by atoms with Crippen LogP contribution < -0.4 is 0 Å². The van der Waals surface area contributed by atoms with Crippen molar-refractivity contribution in [1.29, 1.82) is 0 Å². The first-order valence-electron chi connectivity index (χ1n) is 4.93. The first-order chi connectivity index (χ1) is 7.70. The fraction of sp³-hybridized carbons (Fsp3) is 0.500. The molecule has 1 aromatic rings. The Labute approximate surface area is 110 Å². The lowest BCUT2D eigenvalue weighted by Gasteiger charge is -2.31. The molecule has 16 heavy (non-hydrogen) atoms. The summed E-state index contributed by atoms with van der Waals surface area (Å²) in [5.74, 6) is 0.280. The van der Waals surface area contributed by atoms with E-state index >= 15 is 0 Å². The van der Waals surface area contributed by atoms with E-state index in [1.54, 1.807) is 17.0 Å². The van der Waals surface area contributed by atoms with Gasteiger partial charge in [-0.15, -0.1) is 0 Å². The van der Waals surface area contributed by atoms with Crippen LogP contribution in [0.1, 0.15) is 10.6 Å². The molecule has 0 radical (unpaired) electrons. The molecule has 6 heteroatoms. The first kappa shape index (κ1) is 12.1. The summed E-state index contributed by atoms with van der Waals surface area (Å²) in [5, 5.41) is 0.735. The SMILES string of the molecule is O=C(c1ccc(Br)o1)N1CCOC(CBr)C1. The number of morpholine rings is 1. The molecule has 1 aliphatic heterocycles. The molecule has 1 unspecified atom stereocenters. The van der Waals surface area contributed by atoms with Crippen LogP contribution in [0.4, 0.5) is 0 Å². The largest absolute Gasteiger partial charge is 0.444 e. The highest BCUT2D eigenvalue weighted by Crippen LogP contribution is 2.17. The van der Waals surface area contributed by atoms with Crippen molar-refractivity contribution in [1.82, 2.24) is 4.90 Å². The molecule has 2 heterocycles. The molecule has 0 spiro atoms. The zero-order chi connectivity index (χ0) is 11.5. The van der Waals surface area contributed by atoms with E-state index in [0.717, 1.165) is 5.33 Å². The van der Waals surface area contributed by atoms with Gasteiger partial charge >= 0.3 is 0 Å². The molecule has 1 atom stereocenters. The summed E-state index contributed by atoms with van der Waals surface area (Å²) >= 11 is 6.53. The van der Waals surface area contributed by atoms with Crippen molar-refractivity contribution in [3.05, 3.63) is 22.6 Å². The molecule has 4 nitrogen and oxygen atoms in total. The van der Waals surface area contributed by atoms with E-state index in [9.17, 15) is 4.79 Å². The Morgan fingerprint density at radius 2 is 2.38 bits per heavy atom. The van der Waals surface area contributed by atoms with Gasteiger partial charge in [-0.3, -0.25) is 4.79 Å². The standard InChI is InChI=1S/C10H11Br2NO3/c11-5-7-6-13(3-4-15-7)10(14)8-1-2-9(12)16-8/h1-2,7H,3-6H2. The van der Waals surface area contributed by atoms with E-state index in [2.05, 4.69) is 31.9 Å². The number of ether oxygens (including phenoxy) is 1. The highest BCUT2D eigenvalue weighted by atomic mass is 79.9. The summed E-state index contributed by atoms with van der Waals surface area (Å²) in [6.07, 6.45) is 0.0658. The van der Waals surface area contributed by atoms with E-state index in [-0.39, 0.29) is 12.0 Å². The van der Waals surface area contributed by atoms with Crippen LogP contribution in [0, 0.1) is 0 Å². The van der Waals surface area contributed by atoms with E-state index in [1.165, 1.54) is 0 Å². The molecule has 0 bridgehead atoms. The molecule has 1 saturated heterocycles. The highest BCUT2D eigenvalue weighted by Gasteiger charge is 2.25. The van der Waals surface area contributed by atoms with Gasteiger partial charge in [0.25, 0.3) is 5.91 Å². The van der Waals surface area contributed by atoms with E-state index in [0.29, 0.717) is 30.1 Å². The van der Waals surface area contributed by atoms with Crippen molar-refractivity contribution >= 4 is 37.8 Å². The average Bonchev–Trinajstić information content (AvgIpc) is 2.75. The third-order valence-corrected chi connectivity index (χ3v) is 3.53. The highest BCUT2D eigenvalue weighted by molar-refractivity contribution is 9.10. The zero-order valence-corrected chi connectivity index (χ0v) is 11.7. The molecule has 1 amide bonds. The smallest absolute Gasteiger partial charge is 0.289 e. The number of furan rings is 1. The molecule has 2 rings (SSSR count). The van der Waals surface area contributed by atoms with Crippen molar-refractivity contribution in [3.63, 3.8) is 0 Å². The lowest BCUT2D eigenvalue weighted by Crippen LogP contribution is -2.46.